The van der Waals surface area contributed by atoms with Crippen LogP contribution in [0.25, 0.3) is 5.82 Å². The average molecular weight is 337 g/mol. The molecule has 1 saturated carbocycles. The molecular formula is C18H19N5O2. The van der Waals surface area contributed by atoms with Crippen molar-refractivity contribution in [3.05, 3.63) is 54.6 Å². The fourth-order valence-corrected chi connectivity index (χ4v) is 2.83. The van der Waals surface area contributed by atoms with Crippen LogP contribution in [0.2, 0.25) is 0 Å². The molecule has 3 heterocycles. The van der Waals surface area contributed by atoms with E-state index in [4.69, 9.17) is 4.42 Å². The lowest BCUT2D eigenvalue weighted by atomic mass is 10.2. The maximum Gasteiger partial charge on any atom is 0.224 e. The molecule has 0 radical (unpaired) electrons. The lowest BCUT2D eigenvalue weighted by Crippen LogP contribution is -2.12. The second kappa shape index (κ2) is 6.51. The van der Waals surface area contributed by atoms with Gasteiger partial charge in [0.1, 0.15) is 24.2 Å². The van der Waals surface area contributed by atoms with Gasteiger partial charge in [-0.1, -0.05) is 6.92 Å². The van der Waals surface area contributed by atoms with Crippen LogP contribution in [0, 0.1) is 5.92 Å². The minimum Gasteiger partial charge on any atom is -0.466 e. The first-order chi connectivity index (χ1) is 12.2. The molecule has 0 saturated heterocycles. The monoisotopic (exact) mass is 337 g/mol. The van der Waals surface area contributed by atoms with Crippen molar-refractivity contribution in [1.82, 2.24) is 19.7 Å². The maximum absolute atomic E-state index is 12.1. The number of pyridine rings is 1. The lowest BCUT2D eigenvalue weighted by molar-refractivity contribution is -0.116. The van der Waals surface area contributed by atoms with Gasteiger partial charge in [-0.3, -0.25) is 4.79 Å². The van der Waals surface area contributed by atoms with Crippen molar-refractivity contribution in [3.63, 3.8) is 0 Å². The Labute approximate surface area is 145 Å². The first-order valence-electron chi connectivity index (χ1n) is 8.38. The Balaban J connectivity index is 1.29. The Morgan fingerprint density at radius 3 is 2.92 bits per heavy atom. The maximum atomic E-state index is 12.1. The Morgan fingerprint density at radius 2 is 2.24 bits per heavy atom. The molecule has 7 heteroatoms. The van der Waals surface area contributed by atoms with Gasteiger partial charge in [-0.05, 0) is 36.6 Å². The van der Waals surface area contributed by atoms with Gasteiger partial charge < -0.3 is 9.73 Å². The molecule has 3 aromatic heterocycles. The summed E-state index contributed by atoms with van der Waals surface area (Å²) >= 11 is 0. The Kier molecular flexibility index (Phi) is 4.05. The summed E-state index contributed by atoms with van der Waals surface area (Å²) in [4.78, 5) is 20.2. The lowest BCUT2D eigenvalue weighted by Gasteiger charge is -2.05. The molecule has 1 aliphatic carbocycles. The van der Waals surface area contributed by atoms with Crippen molar-refractivity contribution in [3.8, 4) is 5.82 Å². The number of nitrogens with one attached hydrogen (secondary N) is 1. The fourth-order valence-electron chi connectivity index (χ4n) is 2.83. The van der Waals surface area contributed by atoms with Crippen LogP contribution < -0.4 is 5.32 Å². The number of carbonyl (C=O) groups is 1. The fraction of sp³-hybridized carbons (Fsp3) is 0.333. The zero-order chi connectivity index (χ0) is 17.2. The summed E-state index contributed by atoms with van der Waals surface area (Å²) in [5.74, 6) is 3.79. The molecule has 0 aromatic carbocycles. The molecule has 1 amide bonds. The van der Waals surface area contributed by atoms with Crippen molar-refractivity contribution in [1.29, 1.82) is 0 Å². The van der Waals surface area contributed by atoms with Crippen LogP contribution in [-0.2, 0) is 11.2 Å². The SMILES string of the molecule is C[C@H]1C[C@@H]1c1ccc(CCC(=O)Nc2ccc(-n3cncn3)nc2)o1. The minimum atomic E-state index is -0.0620. The molecule has 1 fully saturated rings. The normalized spacial score (nSPS) is 18.9. The highest BCUT2D eigenvalue weighted by Crippen LogP contribution is 2.47. The Hall–Kier alpha value is -2.96. The third kappa shape index (κ3) is 3.60. The van der Waals surface area contributed by atoms with Crippen molar-refractivity contribution in [2.24, 2.45) is 5.92 Å². The van der Waals surface area contributed by atoms with E-state index < -0.39 is 0 Å². The van der Waals surface area contributed by atoms with E-state index in [0.717, 1.165) is 17.4 Å². The standard InChI is InChI=1S/C18H19N5O2/c1-12-8-15(12)16-5-3-14(25-16)4-7-18(24)22-13-2-6-17(20-9-13)23-11-19-10-21-23/h2-3,5-6,9-12,15H,4,7-8H2,1H3,(H,22,24)/t12-,15-/m0/s1. The number of hydrogen-bond donors (Lipinski definition) is 1. The van der Waals surface area contributed by atoms with Crippen molar-refractivity contribution >= 4 is 11.6 Å². The summed E-state index contributed by atoms with van der Waals surface area (Å²) in [7, 11) is 0. The third-order valence-electron chi connectivity index (χ3n) is 4.44. The van der Waals surface area contributed by atoms with Crippen LogP contribution in [0.15, 0.2) is 47.5 Å². The van der Waals surface area contributed by atoms with Crippen LogP contribution in [0.1, 0.15) is 37.2 Å². The number of carbonyl (C=O) groups excluding carboxylic acids is 1. The zero-order valence-electron chi connectivity index (χ0n) is 13.9. The van der Waals surface area contributed by atoms with Crippen LogP contribution in [-0.4, -0.2) is 25.7 Å². The number of rotatable bonds is 6. The number of hydrogen-bond acceptors (Lipinski definition) is 5. The third-order valence-corrected chi connectivity index (χ3v) is 4.44. The number of anilines is 1. The molecule has 0 unspecified atom stereocenters. The van der Waals surface area contributed by atoms with E-state index in [1.165, 1.54) is 12.7 Å². The second-order valence-corrected chi connectivity index (χ2v) is 6.42. The van der Waals surface area contributed by atoms with Gasteiger partial charge in [0.05, 0.1) is 11.9 Å². The number of nitrogens with zero attached hydrogens (tertiary/aromatic N) is 4. The van der Waals surface area contributed by atoms with E-state index in [-0.39, 0.29) is 5.91 Å². The van der Waals surface area contributed by atoms with Gasteiger partial charge in [0.25, 0.3) is 0 Å². The molecule has 2 atom stereocenters. The van der Waals surface area contributed by atoms with Gasteiger partial charge >= 0.3 is 0 Å². The largest absolute Gasteiger partial charge is 0.466 e. The number of aromatic nitrogens is 4. The van der Waals surface area contributed by atoms with Crippen LogP contribution in [0.4, 0.5) is 5.69 Å². The quantitative estimate of drug-likeness (QED) is 0.747. The summed E-state index contributed by atoms with van der Waals surface area (Å²) in [6.45, 7) is 2.22. The van der Waals surface area contributed by atoms with Crippen molar-refractivity contribution in [2.75, 3.05) is 5.32 Å². The number of furan rings is 1. The summed E-state index contributed by atoms with van der Waals surface area (Å²) < 4.78 is 7.38. The Bertz CT molecular complexity index is 854. The molecular weight excluding hydrogens is 318 g/mol. The molecule has 25 heavy (non-hydrogen) atoms. The highest BCUT2D eigenvalue weighted by atomic mass is 16.3. The number of amides is 1. The van der Waals surface area contributed by atoms with E-state index in [9.17, 15) is 4.79 Å². The van der Waals surface area contributed by atoms with E-state index in [1.807, 2.05) is 12.1 Å². The van der Waals surface area contributed by atoms with E-state index in [0.29, 0.717) is 30.3 Å². The van der Waals surface area contributed by atoms with Crippen LogP contribution >= 0.6 is 0 Å². The predicted molar refractivity (Wildman–Crippen MR) is 91.3 cm³/mol. The Morgan fingerprint density at radius 1 is 1.36 bits per heavy atom. The predicted octanol–water partition coefficient (Wildman–Crippen LogP) is 2.95. The smallest absolute Gasteiger partial charge is 0.224 e. The van der Waals surface area contributed by atoms with Crippen molar-refractivity contribution in [2.45, 2.75) is 32.1 Å². The summed E-state index contributed by atoms with van der Waals surface area (Å²) in [6, 6.07) is 7.58. The molecule has 0 aliphatic heterocycles. The molecule has 0 spiro atoms. The van der Waals surface area contributed by atoms with Gasteiger partial charge in [0, 0.05) is 18.8 Å². The van der Waals surface area contributed by atoms with Gasteiger partial charge in [-0.25, -0.2) is 14.6 Å². The van der Waals surface area contributed by atoms with Gasteiger partial charge in [-0.2, -0.15) is 5.10 Å². The zero-order valence-corrected chi connectivity index (χ0v) is 13.9. The molecule has 3 aromatic rings. The van der Waals surface area contributed by atoms with E-state index in [1.54, 1.807) is 29.3 Å². The number of aryl methyl sites for hydroxylation is 1. The first kappa shape index (κ1) is 15.6. The molecule has 1 aliphatic rings. The first-order valence-corrected chi connectivity index (χ1v) is 8.38. The van der Waals surface area contributed by atoms with E-state index >= 15 is 0 Å². The second-order valence-electron chi connectivity index (χ2n) is 6.42. The summed E-state index contributed by atoms with van der Waals surface area (Å²) in [5, 5.41) is 6.85. The molecule has 1 N–H and O–H groups in total. The highest BCUT2D eigenvalue weighted by molar-refractivity contribution is 5.90. The van der Waals surface area contributed by atoms with Crippen molar-refractivity contribution < 1.29 is 9.21 Å². The molecule has 4 rings (SSSR count). The molecule has 128 valence electrons. The van der Waals surface area contributed by atoms with Gasteiger partial charge in [-0.15, -0.1) is 0 Å². The molecule has 7 nitrogen and oxygen atoms in total. The van der Waals surface area contributed by atoms with Crippen LogP contribution in [0.3, 0.4) is 0 Å². The summed E-state index contributed by atoms with van der Waals surface area (Å²) in [5.41, 5.74) is 0.654. The highest BCUT2D eigenvalue weighted by Gasteiger charge is 2.36. The van der Waals surface area contributed by atoms with Crippen LogP contribution in [0.5, 0.6) is 0 Å². The average Bonchev–Trinajstić information content (AvgIpc) is 3.06. The van der Waals surface area contributed by atoms with E-state index in [2.05, 4.69) is 27.3 Å². The topological polar surface area (TPSA) is 85.8 Å². The summed E-state index contributed by atoms with van der Waals surface area (Å²) in [6.07, 6.45) is 6.79. The molecule has 0 bridgehead atoms. The van der Waals surface area contributed by atoms with Gasteiger partial charge in [0.2, 0.25) is 5.91 Å². The van der Waals surface area contributed by atoms with Gasteiger partial charge in [0.15, 0.2) is 5.82 Å². The minimum absolute atomic E-state index is 0.0620.